The van der Waals surface area contributed by atoms with Crippen LogP contribution in [0.5, 0.6) is 0 Å². The van der Waals surface area contributed by atoms with Crippen molar-refractivity contribution in [3.63, 3.8) is 0 Å². The zero-order chi connectivity index (χ0) is 16.8. The molecule has 1 aromatic rings. The highest BCUT2D eigenvalue weighted by Gasteiger charge is 2.27. The molecule has 5 nitrogen and oxygen atoms in total. The van der Waals surface area contributed by atoms with Crippen molar-refractivity contribution in [2.75, 3.05) is 30.7 Å². The lowest BCUT2D eigenvalue weighted by atomic mass is 10.2. The molecule has 134 valence electrons. The van der Waals surface area contributed by atoms with Crippen LogP contribution in [0.15, 0.2) is 24.3 Å². The number of halogens is 1. The van der Waals surface area contributed by atoms with Gasteiger partial charge in [-0.25, -0.2) is 0 Å². The summed E-state index contributed by atoms with van der Waals surface area (Å²) in [6.07, 6.45) is 0. The number of carbonyl (C=O) groups is 2. The second-order valence-electron chi connectivity index (χ2n) is 5.95. The van der Waals surface area contributed by atoms with Gasteiger partial charge in [0.2, 0.25) is 11.8 Å². The second-order valence-corrected chi connectivity index (χ2v) is 7.28. The average Bonchev–Trinajstić information content (AvgIpc) is 2.54. The Labute approximate surface area is 154 Å². The Morgan fingerprint density at radius 2 is 2.04 bits per heavy atom. The number of hydrogen-bond donors (Lipinski definition) is 2. The number of aryl methyl sites for hydroxylation is 1. The first-order chi connectivity index (χ1) is 11.0. The fourth-order valence-electron chi connectivity index (χ4n) is 2.51. The molecule has 0 aromatic heterocycles. The highest BCUT2D eigenvalue weighted by atomic mass is 35.5. The fraction of sp³-hybridized carbons (Fsp3) is 0.529. The number of anilines is 1. The van der Waals surface area contributed by atoms with E-state index in [9.17, 15) is 9.59 Å². The van der Waals surface area contributed by atoms with E-state index >= 15 is 0 Å². The SMILES string of the molecule is Cc1ccc(NC(=O)CSC(C)C(=O)N2CCNCC2C)cc1.Cl. The molecule has 0 radical (unpaired) electrons. The van der Waals surface area contributed by atoms with Crippen LogP contribution >= 0.6 is 24.2 Å². The van der Waals surface area contributed by atoms with E-state index in [4.69, 9.17) is 0 Å². The van der Waals surface area contributed by atoms with E-state index in [2.05, 4.69) is 10.6 Å². The third-order valence-electron chi connectivity index (χ3n) is 3.93. The highest BCUT2D eigenvalue weighted by molar-refractivity contribution is 8.01. The summed E-state index contributed by atoms with van der Waals surface area (Å²) < 4.78 is 0. The van der Waals surface area contributed by atoms with E-state index in [1.165, 1.54) is 11.8 Å². The van der Waals surface area contributed by atoms with Gasteiger partial charge in [0, 0.05) is 31.4 Å². The molecule has 0 bridgehead atoms. The van der Waals surface area contributed by atoms with Crippen molar-refractivity contribution in [1.29, 1.82) is 0 Å². The molecule has 0 spiro atoms. The van der Waals surface area contributed by atoms with Gasteiger partial charge in [0.15, 0.2) is 0 Å². The zero-order valence-corrected chi connectivity index (χ0v) is 16.0. The van der Waals surface area contributed by atoms with Crippen molar-refractivity contribution < 1.29 is 9.59 Å². The summed E-state index contributed by atoms with van der Waals surface area (Å²) in [5, 5.41) is 5.92. The van der Waals surface area contributed by atoms with E-state index in [1.807, 2.05) is 49.9 Å². The molecular formula is C17H26ClN3O2S. The number of benzene rings is 1. The maximum absolute atomic E-state index is 12.5. The third kappa shape index (κ3) is 6.00. The fourth-order valence-corrected chi connectivity index (χ4v) is 3.26. The standard InChI is InChI=1S/C17H25N3O2S.ClH/c1-12-4-6-15(7-5-12)19-16(21)11-23-14(3)17(22)20-9-8-18-10-13(20)2;/h4-7,13-14,18H,8-11H2,1-3H3,(H,19,21);1H. The van der Waals surface area contributed by atoms with E-state index in [0.29, 0.717) is 0 Å². The van der Waals surface area contributed by atoms with Crippen molar-refractivity contribution >= 4 is 41.7 Å². The number of amides is 2. The molecule has 1 aromatic carbocycles. The molecule has 0 aliphatic carbocycles. The molecule has 1 aliphatic rings. The summed E-state index contributed by atoms with van der Waals surface area (Å²) in [7, 11) is 0. The Morgan fingerprint density at radius 3 is 2.67 bits per heavy atom. The first-order valence-corrected chi connectivity index (χ1v) is 9.01. The minimum Gasteiger partial charge on any atom is -0.336 e. The van der Waals surface area contributed by atoms with Crippen molar-refractivity contribution in [3.05, 3.63) is 29.8 Å². The predicted molar refractivity (Wildman–Crippen MR) is 103 cm³/mol. The topological polar surface area (TPSA) is 61.4 Å². The van der Waals surface area contributed by atoms with E-state index < -0.39 is 0 Å². The monoisotopic (exact) mass is 371 g/mol. The maximum atomic E-state index is 12.5. The van der Waals surface area contributed by atoms with Crippen molar-refractivity contribution in [1.82, 2.24) is 10.2 Å². The first-order valence-electron chi connectivity index (χ1n) is 7.96. The van der Waals surface area contributed by atoms with Gasteiger partial charge in [-0.3, -0.25) is 9.59 Å². The Hall–Kier alpha value is -1.24. The van der Waals surface area contributed by atoms with Gasteiger partial charge in [-0.2, -0.15) is 0 Å². The van der Waals surface area contributed by atoms with Crippen LogP contribution < -0.4 is 10.6 Å². The minimum absolute atomic E-state index is 0. The van der Waals surface area contributed by atoms with E-state index in [-0.39, 0.29) is 41.3 Å². The van der Waals surface area contributed by atoms with Gasteiger partial charge in [0.05, 0.1) is 11.0 Å². The van der Waals surface area contributed by atoms with Crippen LogP contribution in [0.4, 0.5) is 5.69 Å². The lowest BCUT2D eigenvalue weighted by molar-refractivity contribution is -0.133. The van der Waals surface area contributed by atoms with Gasteiger partial charge in [-0.05, 0) is 32.9 Å². The summed E-state index contributed by atoms with van der Waals surface area (Å²) in [5.41, 5.74) is 1.94. The Kier molecular flexibility index (Phi) is 8.59. The van der Waals surface area contributed by atoms with Crippen LogP contribution in [0, 0.1) is 6.92 Å². The second kappa shape index (κ2) is 9.91. The molecule has 1 heterocycles. The number of nitrogens with zero attached hydrogens (tertiary/aromatic N) is 1. The van der Waals surface area contributed by atoms with Gasteiger partial charge >= 0.3 is 0 Å². The maximum Gasteiger partial charge on any atom is 0.235 e. The normalized spacial score (nSPS) is 18.5. The quantitative estimate of drug-likeness (QED) is 0.833. The molecule has 24 heavy (non-hydrogen) atoms. The van der Waals surface area contributed by atoms with Gasteiger partial charge in [0.25, 0.3) is 0 Å². The summed E-state index contributed by atoms with van der Waals surface area (Å²) in [4.78, 5) is 26.4. The Balaban J connectivity index is 0.00000288. The lowest BCUT2D eigenvalue weighted by Crippen LogP contribution is -2.54. The molecule has 2 unspecified atom stereocenters. The molecule has 1 aliphatic heterocycles. The minimum atomic E-state index is -0.209. The summed E-state index contributed by atoms with van der Waals surface area (Å²) in [5.74, 6) is 0.320. The lowest BCUT2D eigenvalue weighted by Gasteiger charge is -2.35. The summed E-state index contributed by atoms with van der Waals surface area (Å²) in [6, 6.07) is 7.89. The number of thioether (sulfide) groups is 1. The number of carbonyl (C=O) groups excluding carboxylic acids is 2. The molecule has 7 heteroatoms. The molecule has 0 saturated carbocycles. The van der Waals surface area contributed by atoms with E-state index in [0.717, 1.165) is 30.9 Å². The van der Waals surface area contributed by atoms with Crippen LogP contribution in [-0.2, 0) is 9.59 Å². The smallest absolute Gasteiger partial charge is 0.235 e. The first kappa shape index (κ1) is 20.8. The van der Waals surface area contributed by atoms with Crippen LogP contribution in [0.1, 0.15) is 19.4 Å². The summed E-state index contributed by atoms with van der Waals surface area (Å²) >= 11 is 1.39. The molecule has 2 atom stereocenters. The van der Waals surface area contributed by atoms with Crippen LogP contribution in [-0.4, -0.2) is 53.4 Å². The number of piperazine rings is 1. The number of hydrogen-bond acceptors (Lipinski definition) is 4. The van der Waals surface area contributed by atoms with Gasteiger partial charge in [-0.15, -0.1) is 24.2 Å². The molecular weight excluding hydrogens is 346 g/mol. The highest BCUT2D eigenvalue weighted by Crippen LogP contribution is 2.17. The van der Waals surface area contributed by atoms with Crippen molar-refractivity contribution in [2.24, 2.45) is 0 Å². The third-order valence-corrected chi connectivity index (χ3v) is 5.06. The Morgan fingerprint density at radius 1 is 1.38 bits per heavy atom. The van der Waals surface area contributed by atoms with Gasteiger partial charge < -0.3 is 15.5 Å². The number of nitrogens with one attached hydrogen (secondary N) is 2. The van der Waals surface area contributed by atoms with Crippen molar-refractivity contribution in [3.8, 4) is 0 Å². The zero-order valence-electron chi connectivity index (χ0n) is 14.4. The Bertz CT molecular complexity index is 553. The molecule has 2 rings (SSSR count). The molecule has 2 amide bonds. The van der Waals surface area contributed by atoms with Crippen LogP contribution in [0.3, 0.4) is 0 Å². The van der Waals surface area contributed by atoms with Crippen LogP contribution in [0.2, 0.25) is 0 Å². The largest absolute Gasteiger partial charge is 0.336 e. The van der Waals surface area contributed by atoms with Crippen LogP contribution in [0.25, 0.3) is 0 Å². The average molecular weight is 372 g/mol. The predicted octanol–water partition coefficient (Wildman–Crippen LogP) is 2.30. The van der Waals surface area contributed by atoms with Gasteiger partial charge in [-0.1, -0.05) is 17.7 Å². The molecule has 1 fully saturated rings. The molecule has 1 saturated heterocycles. The van der Waals surface area contributed by atoms with Crippen molar-refractivity contribution in [2.45, 2.75) is 32.1 Å². The van der Waals surface area contributed by atoms with E-state index in [1.54, 1.807) is 0 Å². The summed E-state index contributed by atoms with van der Waals surface area (Å²) in [6.45, 7) is 8.33. The molecule has 2 N–H and O–H groups in total. The number of rotatable bonds is 5. The van der Waals surface area contributed by atoms with Gasteiger partial charge in [0.1, 0.15) is 0 Å².